The zero-order valence-electron chi connectivity index (χ0n) is 18.7. The van der Waals surface area contributed by atoms with E-state index in [1.807, 2.05) is 60.7 Å². The molecule has 1 unspecified atom stereocenters. The van der Waals surface area contributed by atoms with Gasteiger partial charge in [-0.1, -0.05) is 60.7 Å². The largest absolute Gasteiger partial charge is 0.480 e. The Morgan fingerprint density at radius 1 is 1.00 bits per heavy atom. The third kappa shape index (κ3) is 5.66. The van der Waals surface area contributed by atoms with E-state index < -0.39 is 41.6 Å². The number of hydrogen-bond donors (Lipinski definition) is 2. The van der Waals surface area contributed by atoms with Crippen LogP contribution in [0, 0.1) is 0 Å². The third-order valence-electron chi connectivity index (χ3n) is 5.41. The maximum absolute atomic E-state index is 13.7. The van der Waals surface area contributed by atoms with E-state index in [-0.39, 0.29) is 0 Å². The van der Waals surface area contributed by atoms with Crippen LogP contribution in [0.25, 0.3) is 0 Å². The first-order chi connectivity index (χ1) is 15.2. The molecule has 1 saturated heterocycles. The van der Waals surface area contributed by atoms with Crippen molar-refractivity contribution >= 4 is 18.0 Å². The van der Waals surface area contributed by atoms with Gasteiger partial charge >= 0.3 is 12.1 Å². The number of ether oxygens (including phenoxy) is 1. The lowest BCUT2D eigenvalue weighted by molar-refractivity contribution is -0.149. The summed E-state index contributed by atoms with van der Waals surface area (Å²) in [6, 6.07) is 16.9. The van der Waals surface area contributed by atoms with E-state index in [1.54, 1.807) is 20.8 Å². The molecule has 1 aliphatic rings. The lowest BCUT2D eigenvalue weighted by Crippen LogP contribution is -2.54. The third-order valence-corrected chi connectivity index (χ3v) is 5.41. The van der Waals surface area contributed by atoms with E-state index in [9.17, 15) is 19.5 Å². The molecule has 7 heteroatoms. The van der Waals surface area contributed by atoms with Crippen LogP contribution in [0.4, 0.5) is 4.79 Å². The second-order valence-corrected chi connectivity index (χ2v) is 8.95. The Kier molecular flexibility index (Phi) is 7.18. The number of amides is 2. The van der Waals surface area contributed by atoms with Crippen LogP contribution in [-0.2, 0) is 14.3 Å². The lowest BCUT2D eigenvalue weighted by atomic mass is 9.84. The number of carbonyl (C=O) groups is 3. The number of nitrogens with zero attached hydrogens (tertiary/aromatic N) is 1. The van der Waals surface area contributed by atoms with Crippen LogP contribution < -0.4 is 5.32 Å². The smallest absolute Gasteiger partial charge is 0.408 e. The van der Waals surface area contributed by atoms with Gasteiger partial charge in [-0.25, -0.2) is 9.59 Å². The van der Waals surface area contributed by atoms with Crippen molar-refractivity contribution < 1.29 is 24.2 Å². The molecule has 170 valence electrons. The highest BCUT2D eigenvalue weighted by atomic mass is 16.6. The molecule has 0 aromatic heterocycles. The number of rotatable bonds is 6. The van der Waals surface area contributed by atoms with Crippen molar-refractivity contribution in [3.05, 3.63) is 71.8 Å². The SMILES string of the molecule is CC(C)(C)OC(=O)NC(C(=O)N1CCC[C@H]1C(=O)O)C(c1ccccc1)c1ccccc1. The molecule has 32 heavy (non-hydrogen) atoms. The van der Waals surface area contributed by atoms with Crippen LogP contribution in [0.1, 0.15) is 50.7 Å². The molecule has 0 saturated carbocycles. The average molecular weight is 439 g/mol. The van der Waals surface area contributed by atoms with Crippen molar-refractivity contribution in [1.82, 2.24) is 10.2 Å². The molecule has 0 radical (unpaired) electrons. The maximum atomic E-state index is 13.7. The number of aliphatic carboxylic acids is 1. The van der Waals surface area contributed by atoms with E-state index in [0.717, 1.165) is 11.1 Å². The van der Waals surface area contributed by atoms with Gasteiger partial charge in [0.1, 0.15) is 17.7 Å². The Hall–Kier alpha value is -3.35. The Bertz CT molecular complexity index is 900. The normalized spacial score (nSPS) is 17.1. The molecule has 1 fully saturated rings. The second-order valence-electron chi connectivity index (χ2n) is 8.95. The summed E-state index contributed by atoms with van der Waals surface area (Å²) in [6.07, 6.45) is 0.268. The molecular weight excluding hydrogens is 408 g/mol. The fourth-order valence-electron chi connectivity index (χ4n) is 4.09. The molecule has 2 N–H and O–H groups in total. The predicted molar refractivity (Wildman–Crippen MR) is 120 cm³/mol. The first-order valence-corrected chi connectivity index (χ1v) is 10.8. The van der Waals surface area contributed by atoms with Crippen molar-refractivity contribution in [3.63, 3.8) is 0 Å². The summed E-state index contributed by atoms with van der Waals surface area (Å²) >= 11 is 0. The molecule has 2 atom stereocenters. The number of carboxylic acids is 1. The number of benzene rings is 2. The number of nitrogens with one attached hydrogen (secondary N) is 1. The summed E-state index contributed by atoms with van der Waals surface area (Å²) in [5.41, 5.74) is 0.919. The lowest BCUT2D eigenvalue weighted by Gasteiger charge is -2.33. The highest BCUT2D eigenvalue weighted by Gasteiger charge is 2.42. The van der Waals surface area contributed by atoms with Gasteiger partial charge in [-0.05, 0) is 44.7 Å². The van der Waals surface area contributed by atoms with Gasteiger partial charge in [0.25, 0.3) is 0 Å². The highest BCUT2D eigenvalue weighted by molar-refractivity contribution is 5.91. The van der Waals surface area contributed by atoms with Crippen molar-refractivity contribution in [3.8, 4) is 0 Å². The van der Waals surface area contributed by atoms with Crippen LogP contribution in [0.5, 0.6) is 0 Å². The highest BCUT2D eigenvalue weighted by Crippen LogP contribution is 2.31. The molecule has 2 amide bonds. The van der Waals surface area contributed by atoms with Gasteiger partial charge in [0, 0.05) is 12.5 Å². The Labute approximate surface area is 188 Å². The number of hydrogen-bond acceptors (Lipinski definition) is 4. The van der Waals surface area contributed by atoms with E-state index in [0.29, 0.717) is 19.4 Å². The second kappa shape index (κ2) is 9.85. The Morgan fingerprint density at radius 2 is 1.53 bits per heavy atom. The summed E-state index contributed by atoms with van der Waals surface area (Å²) < 4.78 is 5.44. The summed E-state index contributed by atoms with van der Waals surface area (Å²) in [5.74, 6) is -1.99. The molecule has 1 aliphatic heterocycles. The molecule has 7 nitrogen and oxygen atoms in total. The van der Waals surface area contributed by atoms with E-state index in [4.69, 9.17) is 4.74 Å². The van der Waals surface area contributed by atoms with Gasteiger partial charge in [0.05, 0.1) is 0 Å². The van der Waals surface area contributed by atoms with Gasteiger partial charge < -0.3 is 20.1 Å². The summed E-state index contributed by atoms with van der Waals surface area (Å²) in [7, 11) is 0. The molecule has 0 bridgehead atoms. The average Bonchev–Trinajstić information content (AvgIpc) is 3.23. The fourth-order valence-corrected chi connectivity index (χ4v) is 4.09. The molecule has 2 aromatic carbocycles. The number of carbonyl (C=O) groups excluding carboxylic acids is 2. The van der Waals surface area contributed by atoms with Crippen LogP contribution in [0.3, 0.4) is 0 Å². The van der Waals surface area contributed by atoms with Crippen LogP contribution >= 0.6 is 0 Å². The minimum atomic E-state index is -1.04. The first kappa shape index (κ1) is 23.3. The van der Waals surface area contributed by atoms with Gasteiger partial charge in [-0.15, -0.1) is 0 Å². The van der Waals surface area contributed by atoms with E-state index in [2.05, 4.69) is 5.32 Å². The van der Waals surface area contributed by atoms with Gasteiger partial charge in [-0.3, -0.25) is 4.79 Å². The van der Waals surface area contributed by atoms with Gasteiger partial charge in [0.15, 0.2) is 0 Å². The number of alkyl carbamates (subject to hydrolysis) is 1. The van der Waals surface area contributed by atoms with Gasteiger partial charge in [-0.2, -0.15) is 0 Å². The molecule has 1 heterocycles. The zero-order valence-corrected chi connectivity index (χ0v) is 18.7. The fraction of sp³-hybridized carbons (Fsp3) is 0.400. The Morgan fingerprint density at radius 3 is 2.00 bits per heavy atom. The monoisotopic (exact) mass is 438 g/mol. The van der Waals surface area contributed by atoms with E-state index in [1.165, 1.54) is 4.90 Å². The van der Waals surface area contributed by atoms with Crippen LogP contribution in [0.15, 0.2) is 60.7 Å². The number of carboxylic acid groups (broad SMARTS) is 1. The number of likely N-dealkylation sites (tertiary alicyclic amines) is 1. The summed E-state index contributed by atoms with van der Waals surface area (Å²) in [4.78, 5) is 39.6. The minimum Gasteiger partial charge on any atom is -0.480 e. The molecule has 2 aromatic rings. The zero-order chi connectivity index (χ0) is 23.3. The minimum absolute atomic E-state index is 0.332. The van der Waals surface area contributed by atoms with Crippen molar-refractivity contribution in [2.45, 2.75) is 57.2 Å². The van der Waals surface area contributed by atoms with E-state index >= 15 is 0 Å². The van der Waals surface area contributed by atoms with Crippen molar-refractivity contribution in [2.75, 3.05) is 6.54 Å². The van der Waals surface area contributed by atoms with Gasteiger partial charge in [0.2, 0.25) is 5.91 Å². The topological polar surface area (TPSA) is 95.9 Å². The van der Waals surface area contributed by atoms with Crippen molar-refractivity contribution in [1.29, 1.82) is 0 Å². The predicted octanol–water partition coefficient (Wildman–Crippen LogP) is 3.79. The Balaban J connectivity index is 2.05. The van der Waals surface area contributed by atoms with Crippen LogP contribution in [-0.4, -0.2) is 52.2 Å². The molecule has 0 spiro atoms. The summed E-state index contributed by atoms with van der Waals surface area (Å²) in [6.45, 7) is 5.57. The first-order valence-electron chi connectivity index (χ1n) is 10.8. The quantitative estimate of drug-likeness (QED) is 0.715. The van der Waals surface area contributed by atoms with Crippen LogP contribution in [0.2, 0.25) is 0 Å². The summed E-state index contributed by atoms with van der Waals surface area (Å²) in [5, 5.41) is 12.4. The maximum Gasteiger partial charge on any atom is 0.408 e. The molecular formula is C25H30N2O5. The standard InChI is InChI=1S/C25H30N2O5/c1-25(2,3)32-24(31)26-21(22(28)27-16-10-15-19(27)23(29)30)20(17-11-6-4-7-12-17)18-13-8-5-9-14-18/h4-9,11-14,19-21H,10,15-16H2,1-3H3,(H,26,31)(H,29,30)/t19-,21?/m0/s1. The van der Waals surface area contributed by atoms with Crippen molar-refractivity contribution in [2.24, 2.45) is 0 Å². The molecule has 0 aliphatic carbocycles. The molecule has 3 rings (SSSR count).